The Morgan fingerprint density at radius 3 is 2.61 bits per heavy atom. The first-order chi connectivity index (χ1) is 13.6. The van der Waals surface area contributed by atoms with Crippen LogP contribution in [0.3, 0.4) is 0 Å². The number of benzene rings is 2. The zero-order valence-corrected chi connectivity index (χ0v) is 15.4. The van der Waals surface area contributed by atoms with Crippen molar-refractivity contribution in [2.24, 2.45) is 0 Å². The Balaban J connectivity index is 2.01. The predicted octanol–water partition coefficient (Wildman–Crippen LogP) is 4.17. The van der Waals surface area contributed by atoms with Crippen LogP contribution in [0.1, 0.15) is 12.6 Å². The summed E-state index contributed by atoms with van der Waals surface area (Å²) in [7, 11) is 0. The molecule has 2 aromatic heterocycles. The molecule has 2 heterocycles. The number of fused-ring (bicyclic) bond motifs is 1. The normalized spacial score (nSPS) is 10.6. The van der Waals surface area contributed by atoms with Crippen LogP contribution in [0, 0.1) is 11.3 Å². The van der Waals surface area contributed by atoms with E-state index >= 15 is 0 Å². The molecular weight excluding hydrogens is 376 g/mol. The fourth-order valence-corrected chi connectivity index (χ4v) is 3.19. The molecule has 0 fully saturated rings. The number of aromatic nitrogens is 4. The largest absolute Gasteiger partial charge is 0.308 e. The van der Waals surface area contributed by atoms with Crippen molar-refractivity contribution in [3.63, 3.8) is 0 Å². The molecule has 0 radical (unpaired) electrons. The lowest BCUT2D eigenvalue weighted by Gasteiger charge is -2.13. The highest BCUT2D eigenvalue weighted by Gasteiger charge is 2.19. The summed E-state index contributed by atoms with van der Waals surface area (Å²) in [6, 6.07) is 15.0. The van der Waals surface area contributed by atoms with Gasteiger partial charge in [-0.1, -0.05) is 41.9 Å². The van der Waals surface area contributed by atoms with Crippen LogP contribution in [0.2, 0.25) is 5.02 Å². The number of carbonyl (C=O) groups is 1. The molecule has 0 unspecified atom stereocenters. The number of H-pyrrole nitrogens is 1. The molecule has 2 aromatic carbocycles. The maximum absolute atomic E-state index is 11.5. The number of carbonyl (C=O) groups excluding carboxylic acids is 1. The van der Waals surface area contributed by atoms with Gasteiger partial charge in [0.05, 0.1) is 28.1 Å². The van der Waals surface area contributed by atoms with Gasteiger partial charge in [0.1, 0.15) is 6.07 Å². The highest BCUT2D eigenvalue weighted by atomic mass is 35.5. The molecule has 4 rings (SSSR count). The maximum Gasteiger partial charge on any atom is 0.222 e. The van der Waals surface area contributed by atoms with Gasteiger partial charge in [-0.2, -0.15) is 10.4 Å². The van der Waals surface area contributed by atoms with E-state index in [9.17, 15) is 10.1 Å². The molecule has 8 heteroatoms. The van der Waals surface area contributed by atoms with Crippen molar-refractivity contribution < 1.29 is 4.79 Å². The number of aromatic amines is 1. The molecule has 0 aliphatic rings. The van der Waals surface area contributed by atoms with Crippen molar-refractivity contribution in [3.8, 4) is 28.6 Å². The van der Waals surface area contributed by atoms with Crippen molar-refractivity contribution in [3.05, 3.63) is 59.4 Å². The van der Waals surface area contributed by atoms with E-state index in [4.69, 9.17) is 11.6 Å². The van der Waals surface area contributed by atoms with Gasteiger partial charge in [-0.25, -0.2) is 9.97 Å². The number of rotatable bonds is 3. The molecule has 0 aliphatic carbocycles. The zero-order chi connectivity index (χ0) is 19.7. The molecule has 4 aromatic rings. The van der Waals surface area contributed by atoms with Crippen LogP contribution < -0.4 is 5.32 Å². The van der Waals surface area contributed by atoms with Crippen LogP contribution in [0.15, 0.2) is 48.7 Å². The second kappa shape index (κ2) is 7.10. The predicted molar refractivity (Wildman–Crippen MR) is 107 cm³/mol. The van der Waals surface area contributed by atoms with Gasteiger partial charge in [-0.05, 0) is 12.1 Å². The van der Waals surface area contributed by atoms with Crippen LogP contribution in [-0.2, 0) is 4.79 Å². The lowest BCUT2D eigenvalue weighted by Crippen LogP contribution is -2.11. The van der Waals surface area contributed by atoms with E-state index in [-0.39, 0.29) is 17.4 Å². The van der Waals surface area contributed by atoms with Crippen molar-refractivity contribution >= 4 is 34.2 Å². The van der Waals surface area contributed by atoms with Gasteiger partial charge in [-0.3, -0.25) is 9.89 Å². The Labute approximate surface area is 165 Å². The summed E-state index contributed by atoms with van der Waals surface area (Å²) in [4.78, 5) is 20.6. The molecule has 7 nitrogen and oxygen atoms in total. The Hall–Kier alpha value is -3.76. The smallest absolute Gasteiger partial charge is 0.222 e. The minimum absolute atomic E-state index is 0.0216. The molecule has 2 N–H and O–H groups in total. The molecule has 0 atom stereocenters. The molecule has 28 heavy (non-hydrogen) atoms. The first kappa shape index (κ1) is 17.6. The summed E-state index contributed by atoms with van der Waals surface area (Å²) < 4.78 is 0. The van der Waals surface area contributed by atoms with Crippen LogP contribution in [0.4, 0.5) is 5.82 Å². The van der Waals surface area contributed by atoms with E-state index in [0.29, 0.717) is 22.0 Å². The molecule has 0 spiro atoms. The average Bonchev–Trinajstić information content (AvgIpc) is 3.17. The molecule has 0 saturated carbocycles. The topological polar surface area (TPSA) is 107 Å². The number of hydrogen-bond acceptors (Lipinski definition) is 5. The van der Waals surface area contributed by atoms with Crippen LogP contribution >= 0.6 is 11.6 Å². The van der Waals surface area contributed by atoms with Crippen molar-refractivity contribution in [2.75, 3.05) is 5.32 Å². The minimum Gasteiger partial charge on any atom is -0.308 e. The number of nitrogens with zero attached hydrogens (tertiary/aromatic N) is 4. The summed E-state index contributed by atoms with van der Waals surface area (Å²) in [5.41, 5.74) is 3.24. The Kier molecular flexibility index (Phi) is 4.47. The second-order valence-electron chi connectivity index (χ2n) is 6.07. The number of anilines is 1. The standard InChI is InChI=1S/C20H13ClN6O/c1-11(28)24-20-16(9-22)25-19(18(26-20)12-5-3-2-4-6-12)13-7-14-10-23-27-17(14)15(21)8-13/h2-8,10H,1H3,(H,23,27)(H,24,26,28). The van der Waals surface area contributed by atoms with Crippen LogP contribution in [-0.4, -0.2) is 26.1 Å². The highest BCUT2D eigenvalue weighted by Crippen LogP contribution is 2.35. The highest BCUT2D eigenvalue weighted by molar-refractivity contribution is 6.35. The third-order valence-corrected chi connectivity index (χ3v) is 4.42. The quantitative estimate of drug-likeness (QED) is 0.547. The lowest BCUT2D eigenvalue weighted by atomic mass is 10.0. The number of amides is 1. The summed E-state index contributed by atoms with van der Waals surface area (Å²) in [6.07, 6.45) is 1.66. The van der Waals surface area contributed by atoms with Gasteiger partial charge in [0.25, 0.3) is 0 Å². The van der Waals surface area contributed by atoms with Crippen molar-refractivity contribution in [1.29, 1.82) is 5.26 Å². The van der Waals surface area contributed by atoms with Gasteiger partial charge in [-0.15, -0.1) is 0 Å². The van der Waals surface area contributed by atoms with E-state index in [1.165, 1.54) is 6.92 Å². The van der Waals surface area contributed by atoms with Gasteiger partial charge in [0.2, 0.25) is 5.91 Å². The summed E-state index contributed by atoms with van der Waals surface area (Å²) in [5.74, 6) is -0.214. The molecule has 136 valence electrons. The Morgan fingerprint density at radius 2 is 1.89 bits per heavy atom. The number of halogens is 1. The van der Waals surface area contributed by atoms with Crippen LogP contribution in [0.5, 0.6) is 0 Å². The third-order valence-electron chi connectivity index (χ3n) is 4.12. The first-order valence-corrected chi connectivity index (χ1v) is 8.72. The number of hydrogen-bond donors (Lipinski definition) is 2. The van der Waals surface area contributed by atoms with Crippen molar-refractivity contribution in [1.82, 2.24) is 20.2 Å². The molecule has 0 aliphatic heterocycles. The second-order valence-corrected chi connectivity index (χ2v) is 6.48. The van der Waals surface area contributed by atoms with E-state index in [0.717, 1.165) is 16.5 Å². The molecular formula is C20H13ClN6O. The fraction of sp³-hybridized carbons (Fsp3) is 0.0500. The zero-order valence-electron chi connectivity index (χ0n) is 14.7. The number of nitriles is 1. The molecule has 0 bridgehead atoms. The fourth-order valence-electron chi connectivity index (χ4n) is 2.92. The molecule has 0 saturated heterocycles. The minimum atomic E-state index is -0.333. The van der Waals surface area contributed by atoms with Crippen LogP contribution in [0.25, 0.3) is 33.4 Å². The van der Waals surface area contributed by atoms with Crippen molar-refractivity contribution in [2.45, 2.75) is 6.92 Å². The van der Waals surface area contributed by atoms with Gasteiger partial charge < -0.3 is 5.32 Å². The third kappa shape index (κ3) is 3.17. The monoisotopic (exact) mass is 388 g/mol. The SMILES string of the molecule is CC(=O)Nc1nc(-c2ccccc2)c(-c2cc(Cl)c3[nH]ncc3c2)nc1C#N. The average molecular weight is 389 g/mol. The summed E-state index contributed by atoms with van der Waals surface area (Å²) in [5, 5.41) is 20.2. The maximum atomic E-state index is 11.5. The first-order valence-electron chi connectivity index (χ1n) is 8.35. The lowest BCUT2D eigenvalue weighted by molar-refractivity contribution is -0.114. The van der Waals surface area contributed by atoms with E-state index < -0.39 is 0 Å². The van der Waals surface area contributed by atoms with Gasteiger partial charge in [0.15, 0.2) is 11.5 Å². The molecule has 1 amide bonds. The summed E-state index contributed by atoms with van der Waals surface area (Å²) in [6.45, 7) is 1.35. The van der Waals surface area contributed by atoms with Gasteiger partial charge >= 0.3 is 0 Å². The Bertz CT molecular complexity index is 1240. The Morgan fingerprint density at radius 1 is 1.14 bits per heavy atom. The number of nitrogens with one attached hydrogen (secondary N) is 2. The van der Waals surface area contributed by atoms with Gasteiger partial charge in [0, 0.05) is 23.4 Å². The van der Waals surface area contributed by atoms with E-state index in [2.05, 4.69) is 25.5 Å². The van der Waals surface area contributed by atoms with E-state index in [1.807, 2.05) is 42.5 Å². The summed E-state index contributed by atoms with van der Waals surface area (Å²) >= 11 is 6.38. The van der Waals surface area contributed by atoms with E-state index in [1.54, 1.807) is 12.3 Å².